The zero-order valence-electron chi connectivity index (χ0n) is 19.5. The highest BCUT2D eigenvalue weighted by Gasteiger charge is 2.31. The molecule has 1 atom stereocenters. The van der Waals surface area contributed by atoms with Gasteiger partial charge in [0.25, 0.3) is 0 Å². The number of anilines is 1. The van der Waals surface area contributed by atoms with Gasteiger partial charge in [-0.1, -0.05) is 23.7 Å². The minimum Gasteiger partial charge on any atom is -0.496 e. The molecule has 7 nitrogen and oxygen atoms in total. The van der Waals surface area contributed by atoms with Crippen LogP contribution in [0.2, 0.25) is 5.02 Å². The first-order valence-corrected chi connectivity index (χ1v) is 11.0. The Morgan fingerprint density at radius 2 is 1.91 bits per heavy atom. The summed E-state index contributed by atoms with van der Waals surface area (Å²) in [6, 6.07) is 11.2. The number of aromatic nitrogens is 4. The number of benzene rings is 2. The summed E-state index contributed by atoms with van der Waals surface area (Å²) in [6.07, 6.45) is 3.37. The van der Waals surface area contributed by atoms with Crippen molar-refractivity contribution < 1.29 is 9.13 Å². The second kappa shape index (κ2) is 12.4. The topological polar surface area (TPSA) is 90.9 Å². The Balaban J connectivity index is 0.000000282. The van der Waals surface area contributed by atoms with Crippen LogP contribution >= 0.6 is 36.4 Å². The molecule has 188 valence electrons. The molecule has 3 N–H and O–H groups in total. The molecule has 1 aliphatic heterocycles. The van der Waals surface area contributed by atoms with Crippen molar-refractivity contribution in [2.75, 3.05) is 25.9 Å². The summed E-state index contributed by atoms with van der Waals surface area (Å²) in [5, 5.41) is 8.64. The maximum Gasteiger partial charge on any atom is 0.149 e. The molecule has 0 saturated carbocycles. The summed E-state index contributed by atoms with van der Waals surface area (Å²) in [4.78, 5) is 7.92. The van der Waals surface area contributed by atoms with Gasteiger partial charge in [-0.25, -0.2) is 14.4 Å². The number of halogens is 4. The minimum atomic E-state index is -0.377. The Kier molecular flexibility index (Phi) is 10.1. The molecule has 11 heteroatoms. The lowest BCUT2D eigenvalue weighted by Gasteiger charge is -2.31. The van der Waals surface area contributed by atoms with E-state index in [1.807, 2.05) is 55.1 Å². The Labute approximate surface area is 221 Å². The highest BCUT2D eigenvalue weighted by atomic mass is 35.5. The maximum absolute atomic E-state index is 14.5. The van der Waals surface area contributed by atoms with E-state index in [1.165, 1.54) is 6.33 Å². The molecule has 0 bridgehead atoms. The summed E-state index contributed by atoms with van der Waals surface area (Å²) in [7, 11) is 1.57. The molecule has 35 heavy (non-hydrogen) atoms. The molecule has 0 aliphatic carbocycles. The summed E-state index contributed by atoms with van der Waals surface area (Å²) in [6.45, 7) is 5.41. The van der Waals surface area contributed by atoms with Gasteiger partial charge >= 0.3 is 0 Å². The van der Waals surface area contributed by atoms with E-state index in [-0.39, 0.29) is 47.6 Å². The number of para-hydroxylation sites is 1. The average Bonchev–Trinajstić information content (AvgIpc) is 3.22. The van der Waals surface area contributed by atoms with Crippen LogP contribution in [-0.4, -0.2) is 39.9 Å². The van der Waals surface area contributed by atoms with Crippen LogP contribution in [0.15, 0.2) is 48.9 Å². The second-order valence-corrected chi connectivity index (χ2v) is 8.36. The SMILES string of the molecule is COc1c(C(C)n2ccc(C)n2)cc(Cl)c(F)c1C1CNC1.Cl.Cl.Nc1ncnc2ccccc12. The normalized spacial score (nSPS) is 13.5. The van der Waals surface area contributed by atoms with Gasteiger partial charge in [-0.2, -0.15) is 5.10 Å². The number of aryl methyl sites for hydroxylation is 1. The quantitative estimate of drug-likeness (QED) is 0.362. The third-order valence-corrected chi connectivity index (χ3v) is 6.07. The fraction of sp³-hybridized carbons (Fsp3) is 0.292. The second-order valence-electron chi connectivity index (χ2n) is 7.95. The molecule has 1 unspecified atom stereocenters. The van der Waals surface area contributed by atoms with Gasteiger partial charge in [-0.15, -0.1) is 24.8 Å². The van der Waals surface area contributed by atoms with Gasteiger partial charge in [0.15, 0.2) is 0 Å². The summed E-state index contributed by atoms with van der Waals surface area (Å²) in [5.41, 5.74) is 8.84. The number of hydrogen-bond donors (Lipinski definition) is 2. The van der Waals surface area contributed by atoms with Gasteiger partial charge in [0.2, 0.25) is 0 Å². The molecule has 1 fully saturated rings. The lowest BCUT2D eigenvalue weighted by molar-refractivity contribution is 0.364. The molecule has 0 radical (unpaired) electrons. The number of fused-ring (bicyclic) bond motifs is 1. The van der Waals surface area contributed by atoms with E-state index in [9.17, 15) is 4.39 Å². The Bertz CT molecular complexity index is 1280. The third kappa shape index (κ3) is 5.95. The van der Waals surface area contributed by atoms with Crippen LogP contribution in [0.25, 0.3) is 10.9 Å². The number of nitrogens with one attached hydrogen (secondary N) is 1. The van der Waals surface area contributed by atoms with Crippen molar-refractivity contribution in [1.29, 1.82) is 0 Å². The number of nitrogens with zero attached hydrogens (tertiary/aromatic N) is 4. The van der Waals surface area contributed by atoms with Crippen molar-refractivity contribution in [2.45, 2.75) is 25.8 Å². The molecule has 2 aromatic carbocycles. The van der Waals surface area contributed by atoms with E-state index in [2.05, 4.69) is 20.4 Å². The summed E-state index contributed by atoms with van der Waals surface area (Å²) < 4.78 is 21.9. The lowest BCUT2D eigenvalue weighted by atomic mass is 9.89. The van der Waals surface area contributed by atoms with Crippen LogP contribution in [0, 0.1) is 12.7 Å². The predicted molar refractivity (Wildman–Crippen MR) is 143 cm³/mol. The summed E-state index contributed by atoms with van der Waals surface area (Å²) >= 11 is 6.13. The first kappa shape index (κ1) is 28.6. The number of nitrogen functional groups attached to an aromatic ring is 1. The standard InChI is InChI=1S/C16H19ClFN3O.C8H7N3.2ClH/c1-9-4-5-21(20-9)10(2)12-6-13(17)15(18)14(16(12)22-3)11-7-19-8-11;9-8-6-3-1-2-4-7(6)10-5-11-8;;/h4-6,10-11,19H,7-8H2,1-3H3;1-5H,(H2,9,10,11);2*1H. The fourth-order valence-electron chi connectivity index (χ4n) is 3.86. The molecule has 0 spiro atoms. The number of rotatable bonds is 4. The molecule has 4 aromatic rings. The van der Waals surface area contributed by atoms with Crippen molar-refractivity contribution in [3.05, 3.63) is 76.6 Å². The van der Waals surface area contributed by atoms with Crippen molar-refractivity contribution in [3.63, 3.8) is 0 Å². The third-order valence-electron chi connectivity index (χ3n) is 5.79. The van der Waals surface area contributed by atoms with Crippen molar-refractivity contribution in [3.8, 4) is 5.75 Å². The Hall–Kier alpha value is -2.65. The summed E-state index contributed by atoms with van der Waals surface area (Å²) in [5.74, 6) is 0.834. The van der Waals surface area contributed by atoms with Crippen molar-refractivity contribution in [1.82, 2.24) is 25.1 Å². The minimum absolute atomic E-state index is 0. The maximum atomic E-state index is 14.5. The van der Waals surface area contributed by atoms with Gasteiger partial charge in [0.1, 0.15) is 23.7 Å². The molecular weight excluding hydrogens is 514 g/mol. The highest BCUT2D eigenvalue weighted by molar-refractivity contribution is 6.31. The van der Waals surface area contributed by atoms with Crippen LogP contribution in [0.4, 0.5) is 10.2 Å². The monoisotopic (exact) mass is 540 g/mol. The first-order chi connectivity index (χ1) is 15.9. The smallest absolute Gasteiger partial charge is 0.149 e. The lowest BCUT2D eigenvalue weighted by Crippen LogP contribution is -2.40. The van der Waals surface area contributed by atoms with Crippen LogP contribution < -0.4 is 15.8 Å². The van der Waals surface area contributed by atoms with E-state index in [4.69, 9.17) is 22.1 Å². The van der Waals surface area contributed by atoms with Gasteiger partial charge in [0.05, 0.1) is 29.4 Å². The van der Waals surface area contributed by atoms with Gasteiger partial charge in [0, 0.05) is 41.7 Å². The fourth-order valence-corrected chi connectivity index (χ4v) is 4.08. The number of ether oxygens (including phenoxy) is 1. The van der Waals surface area contributed by atoms with Crippen molar-refractivity contribution in [2.24, 2.45) is 0 Å². The average molecular weight is 542 g/mol. The molecule has 1 saturated heterocycles. The number of methoxy groups -OCH3 is 1. The van der Waals surface area contributed by atoms with E-state index in [0.717, 1.165) is 35.2 Å². The Morgan fingerprint density at radius 1 is 1.20 bits per heavy atom. The zero-order chi connectivity index (χ0) is 23.5. The molecular formula is C24H28Cl3FN6O. The molecule has 0 amide bonds. The number of nitrogens with two attached hydrogens (primary N) is 1. The van der Waals surface area contributed by atoms with Gasteiger partial charge in [-0.05, 0) is 38.1 Å². The van der Waals surface area contributed by atoms with Crippen LogP contribution in [-0.2, 0) is 0 Å². The zero-order valence-corrected chi connectivity index (χ0v) is 21.9. The Morgan fingerprint density at radius 3 is 2.49 bits per heavy atom. The van der Waals surface area contributed by atoms with Crippen molar-refractivity contribution >= 4 is 53.1 Å². The largest absolute Gasteiger partial charge is 0.496 e. The predicted octanol–water partition coefficient (Wildman–Crippen LogP) is 5.34. The molecule has 1 aliphatic rings. The molecule has 3 heterocycles. The van der Waals surface area contributed by atoms with Crippen LogP contribution in [0.3, 0.4) is 0 Å². The van der Waals surface area contributed by atoms with Gasteiger partial charge in [-0.3, -0.25) is 4.68 Å². The van der Waals surface area contributed by atoms with Crippen LogP contribution in [0.5, 0.6) is 5.75 Å². The van der Waals surface area contributed by atoms with E-state index < -0.39 is 0 Å². The molecule has 2 aromatic heterocycles. The highest BCUT2D eigenvalue weighted by Crippen LogP contribution is 2.41. The van der Waals surface area contributed by atoms with E-state index in [1.54, 1.807) is 13.2 Å². The molecule has 5 rings (SSSR count). The van der Waals surface area contributed by atoms with Crippen LogP contribution in [0.1, 0.15) is 35.7 Å². The van der Waals surface area contributed by atoms with E-state index >= 15 is 0 Å². The first-order valence-electron chi connectivity index (χ1n) is 10.6. The van der Waals surface area contributed by atoms with E-state index in [0.29, 0.717) is 17.1 Å². The van der Waals surface area contributed by atoms with Gasteiger partial charge < -0.3 is 15.8 Å². The number of hydrogen-bond acceptors (Lipinski definition) is 6.